The van der Waals surface area contributed by atoms with Crippen molar-refractivity contribution in [2.75, 3.05) is 18.4 Å². The number of nitrogens with zero attached hydrogens (tertiary/aromatic N) is 1. The summed E-state index contributed by atoms with van der Waals surface area (Å²) in [7, 11) is 0. The second-order valence-corrected chi connectivity index (χ2v) is 7.84. The summed E-state index contributed by atoms with van der Waals surface area (Å²) in [5.41, 5.74) is 3.77. The van der Waals surface area contributed by atoms with Crippen molar-refractivity contribution >= 4 is 22.6 Å². The Morgan fingerprint density at radius 3 is 2.53 bits per heavy atom. The summed E-state index contributed by atoms with van der Waals surface area (Å²) >= 11 is 0. The Hall–Kier alpha value is -3.86. The molecule has 0 aliphatic carbocycles. The van der Waals surface area contributed by atoms with Crippen LogP contribution in [0.4, 0.5) is 5.69 Å². The van der Waals surface area contributed by atoms with Crippen molar-refractivity contribution in [3.05, 3.63) is 112 Å². The van der Waals surface area contributed by atoms with Crippen LogP contribution in [0.2, 0.25) is 0 Å². The fourth-order valence-corrected chi connectivity index (χ4v) is 3.77. The number of para-hydroxylation sites is 1. The van der Waals surface area contributed by atoms with Crippen LogP contribution in [0.25, 0.3) is 11.0 Å². The van der Waals surface area contributed by atoms with Gasteiger partial charge in [0, 0.05) is 36.7 Å². The van der Waals surface area contributed by atoms with Gasteiger partial charge in [0.15, 0.2) is 0 Å². The van der Waals surface area contributed by atoms with Crippen LogP contribution in [0.5, 0.6) is 0 Å². The highest BCUT2D eigenvalue weighted by molar-refractivity contribution is 5.94. The third-order valence-electron chi connectivity index (χ3n) is 5.34. The smallest absolute Gasteiger partial charge is 0.338 e. The lowest BCUT2D eigenvalue weighted by Gasteiger charge is -2.23. The first-order chi connectivity index (χ1) is 15.6. The van der Waals surface area contributed by atoms with Gasteiger partial charge in [-0.2, -0.15) is 0 Å². The lowest BCUT2D eigenvalue weighted by molar-refractivity contribution is 0.0742. The molecule has 32 heavy (non-hydrogen) atoms. The first kappa shape index (κ1) is 21.4. The molecule has 0 saturated heterocycles. The van der Waals surface area contributed by atoms with Crippen LogP contribution in [0.1, 0.15) is 27.9 Å². The number of hydrogen-bond acceptors (Lipinski definition) is 4. The van der Waals surface area contributed by atoms with E-state index < -0.39 is 0 Å². The number of fused-ring (bicyclic) bond motifs is 1. The lowest BCUT2D eigenvalue weighted by atomic mass is 10.1. The van der Waals surface area contributed by atoms with Gasteiger partial charge in [0.25, 0.3) is 5.91 Å². The van der Waals surface area contributed by atoms with Gasteiger partial charge in [0.1, 0.15) is 5.58 Å². The Balaban J connectivity index is 1.46. The van der Waals surface area contributed by atoms with Crippen molar-refractivity contribution in [3.63, 3.8) is 0 Å². The van der Waals surface area contributed by atoms with Gasteiger partial charge in [-0.15, -0.1) is 0 Å². The molecule has 3 aromatic carbocycles. The Morgan fingerprint density at radius 1 is 0.938 bits per heavy atom. The normalized spacial score (nSPS) is 10.8. The molecule has 1 heterocycles. The van der Waals surface area contributed by atoms with Crippen molar-refractivity contribution in [3.8, 4) is 0 Å². The molecule has 0 spiro atoms. The molecule has 162 valence electrons. The first-order valence-corrected chi connectivity index (χ1v) is 10.8. The van der Waals surface area contributed by atoms with Gasteiger partial charge in [-0.05, 0) is 43.2 Å². The number of hydrogen-bond donors (Lipinski definition) is 1. The zero-order valence-electron chi connectivity index (χ0n) is 18.1. The first-order valence-electron chi connectivity index (χ1n) is 10.8. The molecular formula is C27H26N2O3. The van der Waals surface area contributed by atoms with Gasteiger partial charge in [-0.3, -0.25) is 4.79 Å². The minimum atomic E-state index is -0.383. The number of benzene rings is 3. The maximum Gasteiger partial charge on any atom is 0.338 e. The zero-order chi connectivity index (χ0) is 22.3. The van der Waals surface area contributed by atoms with E-state index in [1.54, 1.807) is 6.07 Å². The van der Waals surface area contributed by atoms with E-state index in [-0.39, 0.29) is 11.5 Å². The highest BCUT2D eigenvalue weighted by atomic mass is 16.4. The summed E-state index contributed by atoms with van der Waals surface area (Å²) in [5.74, 6) is 0.0170. The summed E-state index contributed by atoms with van der Waals surface area (Å²) in [6, 6.07) is 26.6. The van der Waals surface area contributed by atoms with Crippen molar-refractivity contribution in [2.24, 2.45) is 0 Å². The third kappa shape index (κ3) is 5.24. The summed E-state index contributed by atoms with van der Waals surface area (Å²) in [6.07, 6.45) is 0.735. The largest absolute Gasteiger partial charge is 0.423 e. The molecule has 0 aliphatic heterocycles. The summed E-state index contributed by atoms with van der Waals surface area (Å²) in [5, 5.41) is 4.20. The van der Waals surface area contributed by atoms with Crippen LogP contribution >= 0.6 is 0 Å². The van der Waals surface area contributed by atoms with Crippen LogP contribution < -0.4 is 10.9 Å². The van der Waals surface area contributed by atoms with Gasteiger partial charge in [0.2, 0.25) is 0 Å². The van der Waals surface area contributed by atoms with Gasteiger partial charge < -0.3 is 14.6 Å². The molecule has 0 saturated carbocycles. The topological polar surface area (TPSA) is 62.6 Å². The number of aryl methyl sites for hydroxylation is 1. The maximum absolute atomic E-state index is 13.2. The number of amides is 1. The van der Waals surface area contributed by atoms with Gasteiger partial charge in [0.05, 0.1) is 5.69 Å². The van der Waals surface area contributed by atoms with Gasteiger partial charge in [-0.1, -0.05) is 60.2 Å². The number of anilines is 1. The van der Waals surface area contributed by atoms with Crippen molar-refractivity contribution in [1.29, 1.82) is 0 Å². The Kier molecular flexibility index (Phi) is 6.66. The number of carbonyl (C=O) groups excluding carboxylic acids is 1. The van der Waals surface area contributed by atoms with Crippen LogP contribution in [0.15, 0.2) is 94.1 Å². The van der Waals surface area contributed by atoms with E-state index in [1.807, 2.05) is 84.6 Å². The van der Waals surface area contributed by atoms with E-state index in [9.17, 15) is 9.59 Å². The van der Waals surface area contributed by atoms with E-state index in [0.29, 0.717) is 30.8 Å². The van der Waals surface area contributed by atoms with Gasteiger partial charge >= 0.3 is 5.63 Å². The predicted molar refractivity (Wildman–Crippen MR) is 128 cm³/mol. The number of carbonyl (C=O) groups is 1. The van der Waals surface area contributed by atoms with Crippen LogP contribution in [-0.4, -0.2) is 23.9 Å². The molecule has 0 aliphatic rings. The van der Waals surface area contributed by atoms with E-state index in [0.717, 1.165) is 28.6 Å². The van der Waals surface area contributed by atoms with E-state index in [1.165, 1.54) is 6.07 Å². The molecule has 4 rings (SSSR count). The molecule has 4 aromatic rings. The van der Waals surface area contributed by atoms with Crippen molar-refractivity contribution in [1.82, 2.24) is 4.90 Å². The average molecular weight is 427 g/mol. The SMILES string of the molecule is Cc1cccc(C(=O)N(CCCNc2cc(=O)oc3ccccc23)Cc2ccccc2)c1. The maximum atomic E-state index is 13.2. The molecule has 5 heteroatoms. The average Bonchev–Trinajstić information content (AvgIpc) is 2.81. The zero-order valence-corrected chi connectivity index (χ0v) is 18.1. The summed E-state index contributed by atoms with van der Waals surface area (Å²) < 4.78 is 5.25. The quantitative estimate of drug-likeness (QED) is 0.309. The van der Waals surface area contributed by atoms with Crippen LogP contribution in [-0.2, 0) is 6.54 Å². The minimum Gasteiger partial charge on any atom is -0.423 e. The Morgan fingerprint density at radius 2 is 1.72 bits per heavy atom. The molecule has 0 atom stereocenters. The molecule has 1 N–H and O–H groups in total. The predicted octanol–water partition coefficient (Wildman–Crippen LogP) is 5.25. The molecular weight excluding hydrogens is 400 g/mol. The minimum absolute atomic E-state index is 0.0170. The fourth-order valence-electron chi connectivity index (χ4n) is 3.77. The van der Waals surface area contributed by atoms with E-state index >= 15 is 0 Å². The fraction of sp³-hybridized carbons (Fsp3) is 0.185. The summed E-state index contributed by atoms with van der Waals surface area (Å²) in [4.78, 5) is 27.0. The van der Waals surface area contributed by atoms with Crippen LogP contribution in [0.3, 0.4) is 0 Å². The molecule has 5 nitrogen and oxygen atoms in total. The molecule has 0 unspecified atom stereocenters. The standard InChI is InChI=1S/C27H26N2O3/c1-20-9-7-12-22(17-20)27(31)29(19-21-10-3-2-4-11-21)16-8-15-28-24-18-26(30)32-25-14-6-5-13-23(24)25/h2-7,9-14,17-18,28H,8,15-16,19H2,1H3. The summed E-state index contributed by atoms with van der Waals surface area (Å²) in [6.45, 7) is 3.75. The lowest BCUT2D eigenvalue weighted by Crippen LogP contribution is -2.32. The molecule has 0 radical (unpaired) electrons. The van der Waals surface area contributed by atoms with E-state index in [2.05, 4.69) is 5.32 Å². The van der Waals surface area contributed by atoms with Crippen molar-refractivity contribution < 1.29 is 9.21 Å². The second-order valence-electron chi connectivity index (χ2n) is 7.84. The number of rotatable bonds is 8. The highest BCUT2D eigenvalue weighted by Crippen LogP contribution is 2.21. The highest BCUT2D eigenvalue weighted by Gasteiger charge is 2.16. The second kappa shape index (κ2) is 9.96. The molecule has 1 aromatic heterocycles. The van der Waals surface area contributed by atoms with Crippen molar-refractivity contribution in [2.45, 2.75) is 19.9 Å². The number of nitrogens with one attached hydrogen (secondary N) is 1. The molecule has 1 amide bonds. The monoisotopic (exact) mass is 426 g/mol. The molecule has 0 fully saturated rings. The Labute approximate surface area is 187 Å². The third-order valence-corrected chi connectivity index (χ3v) is 5.34. The molecule has 0 bridgehead atoms. The Bertz CT molecular complexity index is 1260. The van der Waals surface area contributed by atoms with E-state index in [4.69, 9.17) is 4.42 Å². The van der Waals surface area contributed by atoms with Crippen LogP contribution in [0, 0.1) is 6.92 Å². The van der Waals surface area contributed by atoms with Gasteiger partial charge in [-0.25, -0.2) is 4.79 Å².